The first-order valence-corrected chi connectivity index (χ1v) is 16.8. The molecule has 3 amide bonds. The molecule has 0 spiro atoms. The summed E-state index contributed by atoms with van der Waals surface area (Å²) in [6.45, 7) is 12.7. The third kappa shape index (κ3) is 13.3. The number of ether oxygens (including phenoxy) is 2. The number of rotatable bonds is 15. The van der Waals surface area contributed by atoms with E-state index in [1.807, 2.05) is 30.3 Å². The van der Waals surface area contributed by atoms with Gasteiger partial charge in [0, 0.05) is 24.3 Å². The molecular formula is C37H51N3O6S. The van der Waals surface area contributed by atoms with Gasteiger partial charge in [-0.05, 0) is 65.2 Å². The fourth-order valence-corrected chi connectivity index (χ4v) is 5.14. The number of thiol groups is 1. The molecule has 3 atom stereocenters. The van der Waals surface area contributed by atoms with Gasteiger partial charge in [-0.15, -0.1) is 6.42 Å². The molecule has 0 heterocycles. The van der Waals surface area contributed by atoms with Crippen LogP contribution in [0.1, 0.15) is 96.9 Å². The fraction of sp³-hybridized carbons (Fsp3) is 0.514. The van der Waals surface area contributed by atoms with Crippen LogP contribution in [0.4, 0.5) is 4.79 Å². The minimum atomic E-state index is -1.24. The first-order chi connectivity index (χ1) is 22.1. The highest BCUT2D eigenvalue weighted by molar-refractivity contribution is 7.80. The summed E-state index contributed by atoms with van der Waals surface area (Å²) in [4.78, 5) is 56.5. The van der Waals surface area contributed by atoms with E-state index >= 15 is 0 Å². The maximum Gasteiger partial charge on any atom is 0.408 e. The maximum atomic E-state index is 14.5. The highest BCUT2D eigenvalue weighted by Gasteiger charge is 2.38. The van der Waals surface area contributed by atoms with E-state index in [0.717, 1.165) is 24.8 Å². The van der Waals surface area contributed by atoms with Crippen molar-refractivity contribution in [2.45, 2.75) is 110 Å². The third-order valence-corrected chi connectivity index (χ3v) is 7.33. The zero-order chi connectivity index (χ0) is 35.2. The van der Waals surface area contributed by atoms with Crippen molar-refractivity contribution < 1.29 is 28.7 Å². The van der Waals surface area contributed by atoms with E-state index in [4.69, 9.17) is 15.9 Å². The van der Waals surface area contributed by atoms with Gasteiger partial charge < -0.3 is 25.0 Å². The van der Waals surface area contributed by atoms with Gasteiger partial charge in [0.25, 0.3) is 0 Å². The molecule has 2 rings (SSSR count). The van der Waals surface area contributed by atoms with Gasteiger partial charge in [0.15, 0.2) is 0 Å². The van der Waals surface area contributed by atoms with Crippen LogP contribution < -0.4 is 10.6 Å². The average molecular weight is 666 g/mol. The minimum absolute atomic E-state index is 0.0524. The summed E-state index contributed by atoms with van der Waals surface area (Å²) in [5.41, 5.74) is 0.0409. The molecule has 0 saturated heterocycles. The van der Waals surface area contributed by atoms with E-state index < -0.39 is 53.2 Å². The van der Waals surface area contributed by atoms with Gasteiger partial charge in [-0.1, -0.05) is 80.6 Å². The molecule has 0 aliphatic heterocycles. The lowest BCUT2D eigenvalue weighted by Crippen LogP contribution is -2.55. The molecule has 256 valence electrons. The van der Waals surface area contributed by atoms with E-state index in [-0.39, 0.29) is 18.7 Å². The molecule has 0 saturated carbocycles. The van der Waals surface area contributed by atoms with E-state index in [0.29, 0.717) is 17.5 Å². The van der Waals surface area contributed by atoms with Crippen molar-refractivity contribution in [3.05, 3.63) is 71.3 Å². The number of amides is 3. The van der Waals surface area contributed by atoms with Crippen molar-refractivity contribution in [3.63, 3.8) is 0 Å². The Balaban J connectivity index is 2.63. The van der Waals surface area contributed by atoms with Crippen molar-refractivity contribution in [2.75, 3.05) is 12.3 Å². The van der Waals surface area contributed by atoms with Gasteiger partial charge in [0.05, 0.1) is 0 Å². The van der Waals surface area contributed by atoms with Crippen molar-refractivity contribution in [1.29, 1.82) is 0 Å². The zero-order valence-electron chi connectivity index (χ0n) is 28.8. The molecule has 2 aromatic rings. The van der Waals surface area contributed by atoms with Crippen LogP contribution in [0.25, 0.3) is 0 Å². The predicted octanol–water partition coefficient (Wildman–Crippen LogP) is 6.01. The predicted molar refractivity (Wildman–Crippen MR) is 188 cm³/mol. The number of terminal acetylenes is 1. The second-order valence-electron chi connectivity index (χ2n) is 13.4. The second-order valence-corrected chi connectivity index (χ2v) is 13.8. The smallest absolute Gasteiger partial charge is 0.408 e. The maximum absolute atomic E-state index is 14.5. The van der Waals surface area contributed by atoms with Gasteiger partial charge in [-0.2, -0.15) is 12.6 Å². The van der Waals surface area contributed by atoms with Crippen LogP contribution in [0.3, 0.4) is 0 Å². The van der Waals surface area contributed by atoms with Crippen LogP contribution in [0.15, 0.2) is 54.6 Å². The Kier molecular flexibility index (Phi) is 15.3. The molecular weight excluding hydrogens is 614 g/mol. The summed E-state index contributed by atoms with van der Waals surface area (Å²) in [5, 5.41) is 5.52. The Morgan fingerprint density at radius 2 is 1.47 bits per heavy atom. The fourth-order valence-electron chi connectivity index (χ4n) is 4.90. The number of unbranched alkanes of at least 4 members (excludes halogenated alkanes) is 3. The molecule has 10 heteroatoms. The summed E-state index contributed by atoms with van der Waals surface area (Å²) < 4.78 is 11.1. The summed E-state index contributed by atoms with van der Waals surface area (Å²) in [5.74, 6) is 0.822. The summed E-state index contributed by atoms with van der Waals surface area (Å²) >= 11 is 4.37. The van der Waals surface area contributed by atoms with Crippen molar-refractivity contribution in [1.82, 2.24) is 15.5 Å². The zero-order valence-corrected chi connectivity index (χ0v) is 29.7. The topological polar surface area (TPSA) is 114 Å². The van der Waals surface area contributed by atoms with Gasteiger partial charge in [0.1, 0.15) is 29.3 Å². The SMILES string of the molecule is C#Cc1ccccc1C(C(=O)NC(Cc1ccccc1)C(=O)OC(C)(C)C)N(CCCCCC)C(=O)C(CS)NC(=O)OC(C)(C)C. The van der Waals surface area contributed by atoms with E-state index in [2.05, 4.69) is 36.1 Å². The van der Waals surface area contributed by atoms with Crippen LogP contribution in [0.2, 0.25) is 0 Å². The highest BCUT2D eigenvalue weighted by Crippen LogP contribution is 2.27. The Hall–Kier alpha value is -3.97. The monoisotopic (exact) mass is 665 g/mol. The van der Waals surface area contributed by atoms with Gasteiger partial charge in [-0.3, -0.25) is 9.59 Å². The van der Waals surface area contributed by atoms with E-state index in [9.17, 15) is 19.2 Å². The molecule has 2 N–H and O–H groups in total. The standard InChI is InChI=1S/C37H51N3O6S/c1-9-11-12-18-23-40(33(42)30(25-47)39-35(44)46-37(6,7)8)31(28-22-17-16-21-27(28)10-2)32(41)38-29(34(43)45-36(3,4)5)24-26-19-14-13-15-20-26/h2,13-17,19-22,29-31,47H,9,11-12,18,23-25H2,1,3-8H3,(H,38,41)(H,39,44). The number of esters is 1. The largest absolute Gasteiger partial charge is 0.458 e. The Bertz CT molecular complexity index is 1380. The number of nitrogens with zero attached hydrogens (tertiary/aromatic N) is 1. The summed E-state index contributed by atoms with van der Waals surface area (Å²) in [6, 6.07) is 12.7. The lowest BCUT2D eigenvalue weighted by molar-refractivity contribution is -0.159. The molecule has 0 fully saturated rings. The average Bonchev–Trinajstić information content (AvgIpc) is 2.99. The lowest BCUT2D eigenvalue weighted by atomic mass is 9.96. The molecule has 2 aromatic carbocycles. The first kappa shape index (κ1) is 39.2. The third-order valence-electron chi connectivity index (χ3n) is 6.97. The molecule has 0 aromatic heterocycles. The van der Waals surface area contributed by atoms with Crippen LogP contribution >= 0.6 is 12.6 Å². The molecule has 47 heavy (non-hydrogen) atoms. The second kappa shape index (κ2) is 18.4. The Morgan fingerprint density at radius 1 is 0.851 bits per heavy atom. The minimum Gasteiger partial charge on any atom is -0.458 e. The number of carbonyl (C=O) groups is 4. The summed E-state index contributed by atoms with van der Waals surface area (Å²) in [6.07, 6.45) is 8.57. The quantitative estimate of drug-likeness (QED) is 0.0930. The van der Waals surface area contributed by atoms with Crippen molar-refractivity contribution >= 4 is 36.5 Å². The molecule has 0 aliphatic rings. The number of benzene rings is 2. The summed E-state index contributed by atoms with van der Waals surface area (Å²) in [7, 11) is 0. The van der Waals surface area contributed by atoms with Gasteiger partial charge >= 0.3 is 12.1 Å². The van der Waals surface area contributed by atoms with Crippen LogP contribution in [0.5, 0.6) is 0 Å². The van der Waals surface area contributed by atoms with Crippen LogP contribution in [-0.2, 0) is 30.3 Å². The molecule has 3 unspecified atom stereocenters. The highest BCUT2D eigenvalue weighted by atomic mass is 32.1. The Morgan fingerprint density at radius 3 is 2.04 bits per heavy atom. The first-order valence-electron chi connectivity index (χ1n) is 16.1. The van der Waals surface area contributed by atoms with E-state index in [1.165, 1.54) is 4.90 Å². The Labute approximate surface area is 285 Å². The van der Waals surface area contributed by atoms with Crippen LogP contribution in [-0.4, -0.2) is 64.4 Å². The lowest BCUT2D eigenvalue weighted by Gasteiger charge is -2.35. The molecule has 9 nitrogen and oxygen atoms in total. The normalized spacial score (nSPS) is 13.3. The molecule has 0 bridgehead atoms. The number of hydrogen-bond acceptors (Lipinski definition) is 7. The number of nitrogens with one attached hydrogen (secondary N) is 2. The van der Waals surface area contributed by atoms with E-state index in [1.54, 1.807) is 65.8 Å². The van der Waals surface area contributed by atoms with Crippen LogP contribution in [0, 0.1) is 12.3 Å². The number of carbonyl (C=O) groups excluding carboxylic acids is 4. The number of alkyl carbamates (subject to hydrolysis) is 1. The number of hydrogen-bond donors (Lipinski definition) is 3. The van der Waals surface area contributed by atoms with Gasteiger partial charge in [0.2, 0.25) is 11.8 Å². The van der Waals surface area contributed by atoms with Crippen molar-refractivity contribution in [2.24, 2.45) is 0 Å². The van der Waals surface area contributed by atoms with Crippen molar-refractivity contribution in [3.8, 4) is 12.3 Å². The molecule has 0 aliphatic carbocycles. The van der Waals surface area contributed by atoms with Gasteiger partial charge in [-0.25, -0.2) is 9.59 Å². The molecule has 0 radical (unpaired) electrons.